The molecule has 1 aromatic carbocycles. The summed E-state index contributed by atoms with van der Waals surface area (Å²) in [6, 6.07) is 7.79. The third kappa shape index (κ3) is 4.19. The maximum Gasteiger partial charge on any atom is 0.261 e. The Labute approximate surface area is 192 Å². The molecule has 0 saturated carbocycles. The number of aryl methyl sites for hydroxylation is 1. The quantitative estimate of drug-likeness (QED) is 0.470. The summed E-state index contributed by atoms with van der Waals surface area (Å²) in [5.41, 5.74) is 4.36. The molecule has 1 saturated heterocycles. The lowest BCUT2D eigenvalue weighted by atomic mass is 10.1. The second-order valence-electron chi connectivity index (χ2n) is 8.28. The van der Waals surface area contributed by atoms with E-state index < -0.39 is 0 Å². The van der Waals surface area contributed by atoms with Crippen molar-refractivity contribution in [1.82, 2.24) is 29.3 Å². The van der Waals surface area contributed by atoms with Gasteiger partial charge in [-0.15, -0.1) is 0 Å². The van der Waals surface area contributed by atoms with Crippen LogP contribution in [0, 0.1) is 6.92 Å². The van der Waals surface area contributed by atoms with Gasteiger partial charge in [0.25, 0.3) is 5.91 Å². The van der Waals surface area contributed by atoms with E-state index in [-0.39, 0.29) is 5.91 Å². The van der Waals surface area contributed by atoms with Crippen LogP contribution in [-0.2, 0) is 6.54 Å². The zero-order valence-corrected chi connectivity index (χ0v) is 18.9. The van der Waals surface area contributed by atoms with E-state index >= 15 is 0 Å². The molecular weight excluding hydrogens is 418 g/mol. The number of rotatable bonds is 7. The minimum atomic E-state index is -0.282. The topological polar surface area (TPSA) is 89.6 Å². The van der Waals surface area contributed by atoms with Gasteiger partial charge in [-0.3, -0.25) is 9.48 Å². The molecule has 3 aromatic heterocycles. The molecule has 0 bridgehead atoms. The van der Waals surface area contributed by atoms with Gasteiger partial charge >= 0.3 is 0 Å². The molecule has 33 heavy (non-hydrogen) atoms. The van der Waals surface area contributed by atoms with Gasteiger partial charge in [-0.25, -0.2) is 9.50 Å². The molecule has 0 radical (unpaired) electrons. The third-order valence-electron chi connectivity index (χ3n) is 6.05. The number of nitrogens with one attached hydrogen (secondary N) is 1. The Morgan fingerprint density at radius 3 is 2.82 bits per heavy atom. The van der Waals surface area contributed by atoms with Crippen molar-refractivity contribution in [2.24, 2.45) is 0 Å². The molecule has 1 aliphatic heterocycles. The summed E-state index contributed by atoms with van der Waals surface area (Å²) in [6.07, 6.45) is 9.13. The van der Waals surface area contributed by atoms with Gasteiger partial charge in [-0.05, 0) is 51.1 Å². The molecule has 0 atom stereocenters. The molecule has 1 aliphatic rings. The maximum absolute atomic E-state index is 13.2. The van der Waals surface area contributed by atoms with Crippen molar-refractivity contribution in [2.75, 3.05) is 32.1 Å². The van der Waals surface area contributed by atoms with E-state index in [1.165, 1.54) is 19.0 Å². The van der Waals surface area contributed by atoms with Crippen molar-refractivity contribution in [1.29, 1.82) is 0 Å². The fourth-order valence-electron chi connectivity index (χ4n) is 4.36. The van der Waals surface area contributed by atoms with Crippen molar-refractivity contribution in [3.05, 3.63) is 60.2 Å². The minimum absolute atomic E-state index is 0.282. The van der Waals surface area contributed by atoms with Crippen molar-refractivity contribution < 1.29 is 9.53 Å². The van der Waals surface area contributed by atoms with Crippen molar-refractivity contribution in [3.8, 4) is 17.0 Å². The first-order chi connectivity index (χ1) is 16.1. The second-order valence-corrected chi connectivity index (χ2v) is 8.28. The van der Waals surface area contributed by atoms with E-state index in [4.69, 9.17) is 4.74 Å². The molecule has 0 aliphatic carbocycles. The zero-order chi connectivity index (χ0) is 22.8. The van der Waals surface area contributed by atoms with E-state index in [1.54, 1.807) is 36.3 Å². The third-order valence-corrected chi connectivity index (χ3v) is 6.05. The van der Waals surface area contributed by atoms with Crippen molar-refractivity contribution >= 4 is 17.2 Å². The number of nitrogens with zero attached hydrogens (tertiary/aromatic N) is 6. The van der Waals surface area contributed by atoms with E-state index in [0.717, 1.165) is 48.7 Å². The number of ether oxygens (including phenoxy) is 1. The highest BCUT2D eigenvalue weighted by Crippen LogP contribution is 2.36. The number of aromatic nitrogens is 5. The largest absolute Gasteiger partial charge is 0.496 e. The number of fused-ring (bicyclic) bond motifs is 1. The van der Waals surface area contributed by atoms with E-state index in [1.807, 2.05) is 23.7 Å². The second kappa shape index (κ2) is 9.03. The summed E-state index contributed by atoms with van der Waals surface area (Å²) in [6.45, 7) is 5.91. The van der Waals surface area contributed by atoms with Gasteiger partial charge in [0.15, 0.2) is 5.65 Å². The number of benzene rings is 1. The summed E-state index contributed by atoms with van der Waals surface area (Å²) in [4.78, 5) is 19.9. The number of anilines is 1. The average Bonchev–Trinajstić information content (AvgIpc) is 3.57. The lowest BCUT2D eigenvalue weighted by Crippen LogP contribution is -2.24. The van der Waals surface area contributed by atoms with Gasteiger partial charge in [0, 0.05) is 24.5 Å². The Morgan fingerprint density at radius 1 is 1.15 bits per heavy atom. The Kier molecular flexibility index (Phi) is 5.78. The molecule has 0 spiro atoms. The van der Waals surface area contributed by atoms with Gasteiger partial charge in [0.2, 0.25) is 0 Å². The molecule has 9 nitrogen and oxygen atoms in total. The first-order valence-electron chi connectivity index (χ1n) is 11.2. The number of hydrogen-bond donors (Lipinski definition) is 1. The number of carbonyl (C=O) groups excluding carboxylic acids is 1. The number of carbonyl (C=O) groups is 1. The lowest BCUT2D eigenvalue weighted by Gasteiger charge is -2.17. The van der Waals surface area contributed by atoms with E-state index in [0.29, 0.717) is 16.9 Å². The van der Waals surface area contributed by atoms with Crippen LogP contribution in [0.15, 0.2) is 49.1 Å². The molecule has 1 fully saturated rings. The molecule has 5 rings (SSSR count). The van der Waals surface area contributed by atoms with Gasteiger partial charge in [-0.1, -0.05) is 11.6 Å². The van der Waals surface area contributed by atoms with Crippen LogP contribution in [0.25, 0.3) is 16.9 Å². The monoisotopic (exact) mass is 445 g/mol. The standard InChI is InChI=1S/C24H27N7O2/c1-17-6-7-21(33-2)18(14-17)22-20(16-27-30(22)13-12-29-9-3-4-10-29)28-24(32)19-15-26-31-11-5-8-25-23(19)31/h5-8,11,14-16H,3-4,9-10,12-13H2,1-2H3,(H,28,32). The van der Waals surface area contributed by atoms with Crippen LogP contribution in [0.3, 0.4) is 0 Å². The summed E-state index contributed by atoms with van der Waals surface area (Å²) in [5, 5.41) is 11.9. The van der Waals surface area contributed by atoms with Crippen LogP contribution < -0.4 is 10.1 Å². The Balaban J connectivity index is 1.51. The SMILES string of the molecule is COc1ccc(C)cc1-c1c(NC(=O)c2cnn3cccnc23)cnn1CCN1CCCC1. The molecule has 170 valence electrons. The highest BCUT2D eigenvalue weighted by atomic mass is 16.5. The van der Waals surface area contributed by atoms with Crippen LogP contribution in [0.1, 0.15) is 28.8 Å². The maximum atomic E-state index is 13.2. The van der Waals surface area contributed by atoms with Crippen molar-refractivity contribution in [3.63, 3.8) is 0 Å². The fourth-order valence-corrected chi connectivity index (χ4v) is 4.36. The summed E-state index contributed by atoms with van der Waals surface area (Å²) >= 11 is 0. The van der Waals surface area contributed by atoms with Crippen LogP contribution in [-0.4, -0.2) is 61.9 Å². The number of likely N-dealkylation sites (tertiary alicyclic amines) is 1. The highest BCUT2D eigenvalue weighted by Gasteiger charge is 2.22. The van der Waals surface area contributed by atoms with Crippen LogP contribution in [0.2, 0.25) is 0 Å². The zero-order valence-electron chi connectivity index (χ0n) is 18.9. The lowest BCUT2D eigenvalue weighted by molar-refractivity contribution is 0.102. The molecule has 4 heterocycles. The van der Waals surface area contributed by atoms with Crippen LogP contribution in [0.4, 0.5) is 5.69 Å². The van der Waals surface area contributed by atoms with Gasteiger partial charge in [0.1, 0.15) is 11.3 Å². The number of amides is 1. The van der Waals surface area contributed by atoms with E-state index in [9.17, 15) is 4.79 Å². The van der Waals surface area contributed by atoms with Crippen LogP contribution in [0.5, 0.6) is 5.75 Å². The number of hydrogen-bond acceptors (Lipinski definition) is 6. The Bertz CT molecular complexity index is 1290. The fraction of sp³-hybridized carbons (Fsp3) is 0.333. The minimum Gasteiger partial charge on any atom is -0.496 e. The molecule has 4 aromatic rings. The highest BCUT2D eigenvalue weighted by molar-refractivity contribution is 6.09. The van der Waals surface area contributed by atoms with E-state index in [2.05, 4.69) is 31.5 Å². The first kappa shape index (κ1) is 21.1. The van der Waals surface area contributed by atoms with Gasteiger partial charge in [0.05, 0.1) is 37.4 Å². The summed E-state index contributed by atoms with van der Waals surface area (Å²) < 4.78 is 9.20. The average molecular weight is 446 g/mol. The van der Waals surface area contributed by atoms with Gasteiger partial charge < -0.3 is 15.0 Å². The van der Waals surface area contributed by atoms with Crippen molar-refractivity contribution in [2.45, 2.75) is 26.3 Å². The Morgan fingerprint density at radius 2 is 2.00 bits per heavy atom. The summed E-state index contributed by atoms with van der Waals surface area (Å²) in [5.74, 6) is 0.451. The predicted octanol–water partition coefficient (Wildman–Crippen LogP) is 3.26. The molecule has 9 heteroatoms. The normalized spacial score (nSPS) is 14.1. The van der Waals surface area contributed by atoms with Gasteiger partial charge in [-0.2, -0.15) is 10.2 Å². The predicted molar refractivity (Wildman–Crippen MR) is 126 cm³/mol. The molecule has 0 unspecified atom stereocenters. The molecule has 1 amide bonds. The van der Waals surface area contributed by atoms with Crippen LogP contribution >= 0.6 is 0 Å². The first-order valence-corrected chi connectivity index (χ1v) is 11.2. The summed E-state index contributed by atoms with van der Waals surface area (Å²) in [7, 11) is 1.65. The molecular formula is C24H27N7O2. The smallest absolute Gasteiger partial charge is 0.261 e. The number of methoxy groups -OCH3 is 1. The molecule has 1 N–H and O–H groups in total. The Hall–Kier alpha value is -3.72.